The first-order valence-corrected chi connectivity index (χ1v) is 6.72. The maximum Gasteiger partial charge on any atom is 0.293 e. The van der Waals surface area contributed by atoms with Crippen molar-refractivity contribution < 1.29 is 14.1 Å². The quantitative estimate of drug-likeness (QED) is 0.478. The van der Waals surface area contributed by atoms with Crippen LogP contribution >= 0.6 is 22.6 Å². The minimum Gasteiger partial charge on any atom is -0.375 e. The Morgan fingerprint density at radius 3 is 2.84 bits per heavy atom. The fraction of sp³-hybridized carbons (Fsp3) is 0.364. The first-order valence-electron chi connectivity index (χ1n) is 5.64. The highest BCUT2D eigenvalue weighted by atomic mass is 127. The lowest BCUT2D eigenvalue weighted by Crippen LogP contribution is -2.42. The number of halogens is 2. The van der Waals surface area contributed by atoms with Crippen LogP contribution in [0.2, 0.25) is 0 Å². The maximum absolute atomic E-state index is 13.5. The standard InChI is InChI=1S/C11H11FIN3O3/c12-7-3-9(10(16(18)19)4-8(7)13)15-6-1-2-11(17)14-5-6/h3-4,6,15H,1-2,5H2,(H,14,17). The Bertz CT molecular complexity index is 528. The molecular formula is C11H11FIN3O3. The topological polar surface area (TPSA) is 84.3 Å². The van der Waals surface area contributed by atoms with Crippen LogP contribution in [-0.2, 0) is 4.79 Å². The lowest BCUT2D eigenvalue weighted by molar-refractivity contribution is -0.384. The smallest absolute Gasteiger partial charge is 0.293 e. The van der Waals surface area contributed by atoms with Gasteiger partial charge in [-0.25, -0.2) is 4.39 Å². The SMILES string of the molecule is O=C1CCC(Nc2cc(F)c(I)cc2[N+](=O)[O-])CN1. The number of piperidine rings is 1. The Morgan fingerprint density at radius 2 is 2.26 bits per heavy atom. The molecular weight excluding hydrogens is 368 g/mol. The number of nitro groups is 1. The first-order chi connectivity index (χ1) is 8.97. The molecule has 1 atom stereocenters. The van der Waals surface area contributed by atoms with Crippen LogP contribution in [0.3, 0.4) is 0 Å². The van der Waals surface area contributed by atoms with E-state index in [4.69, 9.17) is 0 Å². The van der Waals surface area contributed by atoms with Crippen molar-refractivity contribution in [1.82, 2.24) is 5.32 Å². The van der Waals surface area contributed by atoms with Gasteiger partial charge in [0.25, 0.3) is 5.69 Å². The molecule has 2 rings (SSSR count). The summed E-state index contributed by atoms with van der Waals surface area (Å²) in [6.45, 7) is 0.379. The zero-order chi connectivity index (χ0) is 14.0. The highest BCUT2D eigenvalue weighted by molar-refractivity contribution is 14.1. The molecule has 1 aliphatic rings. The van der Waals surface area contributed by atoms with Gasteiger partial charge in [0.1, 0.15) is 11.5 Å². The number of anilines is 1. The molecule has 0 radical (unpaired) electrons. The second-order valence-electron chi connectivity index (χ2n) is 4.22. The van der Waals surface area contributed by atoms with E-state index < -0.39 is 10.7 Å². The van der Waals surface area contributed by atoms with E-state index in [-0.39, 0.29) is 26.9 Å². The third-order valence-corrected chi connectivity index (χ3v) is 3.69. The van der Waals surface area contributed by atoms with E-state index in [1.807, 2.05) is 0 Å². The Hall–Kier alpha value is -1.45. The normalized spacial score (nSPS) is 18.8. The molecule has 8 heteroatoms. The van der Waals surface area contributed by atoms with E-state index in [0.717, 1.165) is 6.07 Å². The average molecular weight is 379 g/mol. The molecule has 1 aliphatic heterocycles. The van der Waals surface area contributed by atoms with E-state index in [2.05, 4.69) is 10.6 Å². The van der Waals surface area contributed by atoms with E-state index >= 15 is 0 Å². The van der Waals surface area contributed by atoms with Crippen LogP contribution in [0.4, 0.5) is 15.8 Å². The van der Waals surface area contributed by atoms with Gasteiger partial charge in [-0.3, -0.25) is 14.9 Å². The molecule has 1 heterocycles. The third-order valence-electron chi connectivity index (χ3n) is 2.86. The highest BCUT2D eigenvalue weighted by Gasteiger charge is 2.23. The van der Waals surface area contributed by atoms with Crippen molar-refractivity contribution in [3.63, 3.8) is 0 Å². The van der Waals surface area contributed by atoms with Gasteiger partial charge in [0.05, 0.1) is 8.49 Å². The summed E-state index contributed by atoms with van der Waals surface area (Å²) in [5, 5.41) is 16.5. The molecule has 1 fully saturated rings. The number of nitro benzene ring substituents is 1. The van der Waals surface area contributed by atoms with Gasteiger partial charge in [-0.2, -0.15) is 0 Å². The fourth-order valence-corrected chi connectivity index (χ4v) is 2.33. The van der Waals surface area contributed by atoms with Crippen molar-refractivity contribution in [2.24, 2.45) is 0 Å². The summed E-state index contributed by atoms with van der Waals surface area (Å²) in [6, 6.07) is 2.19. The number of nitrogens with zero attached hydrogens (tertiary/aromatic N) is 1. The Kier molecular flexibility index (Phi) is 4.17. The Morgan fingerprint density at radius 1 is 1.53 bits per heavy atom. The summed E-state index contributed by atoms with van der Waals surface area (Å²) >= 11 is 1.71. The number of carbonyl (C=O) groups is 1. The van der Waals surface area contributed by atoms with Gasteiger partial charge in [0, 0.05) is 31.1 Å². The molecule has 1 amide bonds. The molecule has 1 unspecified atom stereocenters. The van der Waals surface area contributed by atoms with Crippen molar-refractivity contribution in [1.29, 1.82) is 0 Å². The number of hydrogen-bond donors (Lipinski definition) is 2. The van der Waals surface area contributed by atoms with Gasteiger partial charge in [0.2, 0.25) is 5.91 Å². The minimum absolute atomic E-state index is 0.0404. The third kappa shape index (κ3) is 3.31. The second kappa shape index (κ2) is 5.68. The van der Waals surface area contributed by atoms with E-state index in [0.29, 0.717) is 19.4 Å². The summed E-state index contributed by atoms with van der Waals surface area (Å²) in [4.78, 5) is 21.4. The largest absolute Gasteiger partial charge is 0.375 e. The average Bonchev–Trinajstić information content (AvgIpc) is 2.36. The molecule has 0 bridgehead atoms. The molecule has 1 saturated heterocycles. The molecule has 102 valence electrons. The summed E-state index contributed by atoms with van der Waals surface area (Å²) in [6.07, 6.45) is 0.926. The molecule has 0 aliphatic carbocycles. The zero-order valence-corrected chi connectivity index (χ0v) is 11.9. The van der Waals surface area contributed by atoms with Crippen LogP contribution in [-0.4, -0.2) is 23.4 Å². The van der Waals surface area contributed by atoms with Crippen molar-refractivity contribution in [2.75, 3.05) is 11.9 Å². The molecule has 0 saturated carbocycles. The molecule has 6 nitrogen and oxygen atoms in total. The minimum atomic E-state index is -0.550. The molecule has 0 aromatic heterocycles. The zero-order valence-electron chi connectivity index (χ0n) is 9.78. The van der Waals surface area contributed by atoms with Gasteiger partial charge in [-0.15, -0.1) is 0 Å². The van der Waals surface area contributed by atoms with E-state index in [1.54, 1.807) is 22.6 Å². The first kappa shape index (κ1) is 14.0. The van der Waals surface area contributed by atoms with Crippen LogP contribution in [0.5, 0.6) is 0 Å². The Labute approximate surface area is 122 Å². The highest BCUT2D eigenvalue weighted by Crippen LogP contribution is 2.29. The van der Waals surface area contributed by atoms with Gasteiger partial charge in [-0.1, -0.05) is 0 Å². The lowest BCUT2D eigenvalue weighted by Gasteiger charge is -2.24. The number of nitrogens with one attached hydrogen (secondary N) is 2. The number of benzene rings is 1. The van der Waals surface area contributed by atoms with Gasteiger partial charge < -0.3 is 10.6 Å². The molecule has 0 spiro atoms. The van der Waals surface area contributed by atoms with Crippen molar-refractivity contribution in [3.8, 4) is 0 Å². The molecule has 19 heavy (non-hydrogen) atoms. The summed E-state index contributed by atoms with van der Waals surface area (Å²) in [5.41, 5.74) is -0.0215. The number of hydrogen-bond acceptors (Lipinski definition) is 4. The van der Waals surface area contributed by atoms with Crippen molar-refractivity contribution in [2.45, 2.75) is 18.9 Å². The van der Waals surface area contributed by atoms with Gasteiger partial charge >= 0.3 is 0 Å². The van der Waals surface area contributed by atoms with E-state index in [9.17, 15) is 19.3 Å². The van der Waals surface area contributed by atoms with Crippen LogP contribution in [0.25, 0.3) is 0 Å². The summed E-state index contributed by atoms with van der Waals surface area (Å²) in [5.74, 6) is -0.546. The fourth-order valence-electron chi connectivity index (χ4n) is 1.88. The van der Waals surface area contributed by atoms with Crippen LogP contribution in [0.1, 0.15) is 12.8 Å². The van der Waals surface area contributed by atoms with Gasteiger partial charge in [0.15, 0.2) is 0 Å². The van der Waals surface area contributed by atoms with Gasteiger partial charge in [-0.05, 0) is 29.0 Å². The number of rotatable bonds is 3. The maximum atomic E-state index is 13.5. The number of carbonyl (C=O) groups excluding carboxylic acids is 1. The summed E-state index contributed by atoms with van der Waals surface area (Å²) in [7, 11) is 0. The number of amides is 1. The molecule has 1 aromatic rings. The second-order valence-corrected chi connectivity index (χ2v) is 5.39. The van der Waals surface area contributed by atoms with Crippen LogP contribution in [0, 0.1) is 19.5 Å². The van der Waals surface area contributed by atoms with Crippen molar-refractivity contribution in [3.05, 3.63) is 31.6 Å². The molecule has 2 N–H and O–H groups in total. The Balaban J connectivity index is 2.21. The van der Waals surface area contributed by atoms with Crippen LogP contribution in [0.15, 0.2) is 12.1 Å². The lowest BCUT2D eigenvalue weighted by atomic mass is 10.1. The van der Waals surface area contributed by atoms with Crippen LogP contribution < -0.4 is 10.6 Å². The van der Waals surface area contributed by atoms with E-state index in [1.165, 1.54) is 6.07 Å². The predicted octanol–water partition coefficient (Wildman–Crippen LogP) is 2.03. The molecule has 1 aromatic carbocycles. The predicted molar refractivity (Wildman–Crippen MR) is 75.4 cm³/mol. The monoisotopic (exact) mass is 379 g/mol. The summed E-state index contributed by atoms with van der Waals surface area (Å²) < 4.78 is 13.7. The van der Waals surface area contributed by atoms with Crippen molar-refractivity contribution >= 4 is 39.9 Å².